The molecule has 2 rings (SSSR count). The standard InChI is InChI=1S/C14H22N2O2S/c1-11(2)15-9-12-3-5-13(6-4-12)10-19(17,18)16-14-7-8-14/h3-6,11,14-16H,7-10H2,1-2H3. The van der Waals surface area contributed by atoms with Gasteiger partial charge in [0.2, 0.25) is 10.0 Å². The summed E-state index contributed by atoms with van der Waals surface area (Å²) in [5.41, 5.74) is 2.01. The van der Waals surface area contributed by atoms with Crippen LogP contribution in [0.2, 0.25) is 0 Å². The average Bonchev–Trinajstić information content (AvgIpc) is 3.10. The van der Waals surface area contributed by atoms with E-state index < -0.39 is 10.0 Å². The smallest absolute Gasteiger partial charge is 0.216 e. The van der Waals surface area contributed by atoms with Crippen LogP contribution in [0.4, 0.5) is 0 Å². The van der Waals surface area contributed by atoms with Gasteiger partial charge < -0.3 is 5.32 Å². The first kappa shape index (κ1) is 14.5. The molecule has 0 atom stereocenters. The van der Waals surface area contributed by atoms with E-state index in [9.17, 15) is 8.42 Å². The van der Waals surface area contributed by atoms with Gasteiger partial charge in [0, 0.05) is 18.6 Å². The molecule has 5 heteroatoms. The highest BCUT2D eigenvalue weighted by Crippen LogP contribution is 2.20. The van der Waals surface area contributed by atoms with E-state index in [-0.39, 0.29) is 11.8 Å². The molecule has 0 spiro atoms. The van der Waals surface area contributed by atoms with Crippen LogP contribution < -0.4 is 10.0 Å². The van der Waals surface area contributed by atoms with E-state index in [0.717, 1.165) is 24.9 Å². The van der Waals surface area contributed by atoms with Crippen molar-refractivity contribution < 1.29 is 8.42 Å². The van der Waals surface area contributed by atoms with Gasteiger partial charge in [-0.1, -0.05) is 38.1 Å². The molecular formula is C14H22N2O2S. The third-order valence-electron chi connectivity index (χ3n) is 3.02. The Balaban J connectivity index is 1.90. The van der Waals surface area contributed by atoms with Gasteiger partial charge in [-0.05, 0) is 24.0 Å². The molecule has 0 amide bonds. The quantitative estimate of drug-likeness (QED) is 0.801. The highest BCUT2D eigenvalue weighted by atomic mass is 32.2. The molecule has 19 heavy (non-hydrogen) atoms. The van der Waals surface area contributed by atoms with Crippen molar-refractivity contribution in [1.29, 1.82) is 0 Å². The van der Waals surface area contributed by atoms with Gasteiger partial charge >= 0.3 is 0 Å². The normalized spacial score (nSPS) is 15.9. The molecule has 0 saturated heterocycles. The van der Waals surface area contributed by atoms with Crippen LogP contribution in [0.5, 0.6) is 0 Å². The summed E-state index contributed by atoms with van der Waals surface area (Å²) < 4.78 is 26.3. The number of rotatable bonds is 7. The molecule has 1 aromatic rings. The molecule has 1 fully saturated rings. The molecule has 0 unspecified atom stereocenters. The van der Waals surface area contributed by atoms with Crippen molar-refractivity contribution in [3.8, 4) is 0 Å². The third kappa shape index (κ3) is 5.30. The Morgan fingerprint density at radius 1 is 1.16 bits per heavy atom. The van der Waals surface area contributed by atoms with E-state index in [1.54, 1.807) is 0 Å². The minimum Gasteiger partial charge on any atom is -0.310 e. The molecule has 4 nitrogen and oxygen atoms in total. The fourth-order valence-electron chi connectivity index (χ4n) is 1.79. The Morgan fingerprint density at radius 2 is 1.74 bits per heavy atom. The molecule has 0 heterocycles. The van der Waals surface area contributed by atoms with Crippen molar-refractivity contribution in [2.45, 2.75) is 51.1 Å². The van der Waals surface area contributed by atoms with Crippen LogP contribution in [0.1, 0.15) is 37.8 Å². The highest BCUT2D eigenvalue weighted by molar-refractivity contribution is 7.88. The van der Waals surface area contributed by atoms with E-state index in [2.05, 4.69) is 23.9 Å². The van der Waals surface area contributed by atoms with Gasteiger partial charge in [0.15, 0.2) is 0 Å². The van der Waals surface area contributed by atoms with Gasteiger partial charge in [0.1, 0.15) is 0 Å². The van der Waals surface area contributed by atoms with Gasteiger partial charge in [0.25, 0.3) is 0 Å². The van der Waals surface area contributed by atoms with Gasteiger partial charge in [-0.3, -0.25) is 0 Å². The van der Waals surface area contributed by atoms with E-state index in [0.29, 0.717) is 6.04 Å². The Bertz CT molecular complexity index is 505. The molecule has 106 valence electrons. The van der Waals surface area contributed by atoms with Crippen LogP contribution in [0.3, 0.4) is 0 Å². The second-order valence-electron chi connectivity index (χ2n) is 5.50. The molecule has 0 aliphatic heterocycles. The Morgan fingerprint density at radius 3 is 2.26 bits per heavy atom. The topological polar surface area (TPSA) is 58.2 Å². The number of hydrogen-bond donors (Lipinski definition) is 2. The first-order valence-corrected chi connectivity index (χ1v) is 8.41. The van der Waals surface area contributed by atoms with Crippen molar-refractivity contribution in [3.05, 3.63) is 35.4 Å². The predicted molar refractivity (Wildman–Crippen MR) is 77.2 cm³/mol. The summed E-state index contributed by atoms with van der Waals surface area (Å²) in [6.45, 7) is 5.01. The van der Waals surface area contributed by atoms with Crippen molar-refractivity contribution in [3.63, 3.8) is 0 Å². The monoisotopic (exact) mass is 282 g/mol. The minimum atomic E-state index is -3.18. The van der Waals surface area contributed by atoms with Crippen LogP contribution in [-0.4, -0.2) is 20.5 Å². The Kier molecular flexibility index (Phi) is 4.60. The lowest BCUT2D eigenvalue weighted by Crippen LogP contribution is -2.27. The molecule has 2 N–H and O–H groups in total. The fourth-order valence-corrected chi connectivity index (χ4v) is 3.25. The maximum atomic E-state index is 11.8. The summed E-state index contributed by atoms with van der Waals surface area (Å²) >= 11 is 0. The number of nitrogens with one attached hydrogen (secondary N) is 2. The molecule has 1 aliphatic rings. The Labute approximate surface area is 115 Å². The van der Waals surface area contributed by atoms with Gasteiger partial charge in [-0.15, -0.1) is 0 Å². The summed E-state index contributed by atoms with van der Waals surface area (Å²) in [5, 5.41) is 3.33. The van der Waals surface area contributed by atoms with Crippen LogP contribution in [0.15, 0.2) is 24.3 Å². The predicted octanol–water partition coefficient (Wildman–Crippen LogP) is 1.77. The van der Waals surface area contributed by atoms with E-state index in [4.69, 9.17) is 0 Å². The van der Waals surface area contributed by atoms with Crippen molar-refractivity contribution >= 4 is 10.0 Å². The molecule has 1 aliphatic carbocycles. The second kappa shape index (κ2) is 6.03. The zero-order chi connectivity index (χ0) is 13.9. The lowest BCUT2D eigenvalue weighted by molar-refractivity contribution is 0.580. The maximum absolute atomic E-state index is 11.8. The first-order chi connectivity index (χ1) is 8.94. The zero-order valence-electron chi connectivity index (χ0n) is 11.5. The Hall–Kier alpha value is -0.910. The zero-order valence-corrected chi connectivity index (χ0v) is 12.3. The highest BCUT2D eigenvalue weighted by Gasteiger charge is 2.26. The van der Waals surface area contributed by atoms with Crippen LogP contribution in [-0.2, 0) is 22.3 Å². The summed E-state index contributed by atoms with van der Waals surface area (Å²) in [4.78, 5) is 0. The number of benzene rings is 1. The van der Waals surface area contributed by atoms with E-state index in [1.807, 2.05) is 24.3 Å². The molecule has 0 radical (unpaired) electrons. The van der Waals surface area contributed by atoms with Gasteiger partial charge in [-0.25, -0.2) is 13.1 Å². The third-order valence-corrected chi connectivity index (χ3v) is 4.42. The average molecular weight is 282 g/mol. The molecule has 0 aromatic heterocycles. The van der Waals surface area contributed by atoms with Gasteiger partial charge in [0.05, 0.1) is 5.75 Å². The summed E-state index contributed by atoms with van der Waals surface area (Å²) in [6, 6.07) is 8.38. The summed E-state index contributed by atoms with van der Waals surface area (Å²) in [6.07, 6.45) is 1.94. The van der Waals surface area contributed by atoms with Crippen LogP contribution in [0.25, 0.3) is 0 Å². The summed E-state index contributed by atoms with van der Waals surface area (Å²) in [7, 11) is -3.18. The second-order valence-corrected chi connectivity index (χ2v) is 7.26. The molecular weight excluding hydrogens is 260 g/mol. The number of sulfonamides is 1. The molecule has 1 saturated carbocycles. The first-order valence-electron chi connectivity index (χ1n) is 6.76. The maximum Gasteiger partial charge on any atom is 0.216 e. The van der Waals surface area contributed by atoms with E-state index >= 15 is 0 Å². The SMILES string of the molecule is CC(C)NCc1ccc(CS(=O)(=O)NC2CC2)cc1. The number of hydrogen-bond acceptors (Lipinski definition) is 3. The van der Waals surface area contributed by atoms with Crippen LogP contribution in [0, 0.1) is 0 Å². The summed E-state index contributed by atoms with van der Waals surface area (Å²) in [5.74, 6) is 0.0708. The fraction of sp³-hybridized carbons (Fsp3) is 0.571. The molecule has 1 aromatic carbocycles. The van der Waals surface area contributed by atoms with Gasteiger partial charge in [-0.2, -0.15) is 0 Å². The lowest BCUT2D eigenvalue weighted by Gasteiger charge is -2.09. The van der Waals surface area contributed by atoms with Crippen molar-refractivity contribution in [2.75, 3.05) is 0 Å². The van der Waals surface area contributed by atoms with Crippen molar-refractivity contribution in [2.24, 2.45) is 0 Å². The van der Waals surface area contributed by atoms with Crippen LogP contribution >= 0.6 is 0 Å². The minimum absolute atomic E-state index is 0.0708. The van der Waals surface area contributed by atoms with E-state index in [1.165, 1.54) is 5.56 Å². The van der Waals surface area contributed by atoms with Crippen molar-refractivity contribution in [1.82, 2.24) is 10.0 Å². The largest absolute Gasteiger partial charge is 0.310 e. The lowest BCUT2D eigenvalue weighted by atomic mass is 10.1. The molecule has 0 bridgehead atoms.